The Morgan fingerprint density at radius 3 is 2.70 bits per heavy atom. The number of H-pyrrole nitrogens is 1. The Balaban J connectivity index is 1.93. The van der Waals surface area contributed by atoms with Crippen molar-refractivity contribution in [2.24, 2.45) is 0 Å². The number of nitrogens with two attached hydrogens (primary N) is 1. The molecule has 2 aromatic carbocycles. The molecule has 0 unspecified atom stereocenters. The normalized spacial score (nSPS) is 10.8. The summed E-state index contributed by atoms with van der Waals surface area (Å²) in [6.07, 6.45) is 0.549. The molecule has 23 heavy (non-hydrogen) atoms. The Bertz CT molecular complexity index is 844. The summed E-state index contributed by atoms with van der Waals surface area (Å²) in [5.41, 5.74) is 7.32. The number of benzene rings is 2. The van der Waals surface area contributed by atoms with E-state index in [9.17, 15) is 4.79 Å². The van der Waals surface area contributed by atoms with E-state index in [2.05, 4.69) is 15.4 Å². The minimum absolute atomic E-state index is 0.0888. The predicted molar refractivity (Wildman–Crippen MR) is 86.1 cm³/mol. The van der Waals surface area contributed by atoms with Gasteiger partial charge in [0.2, 0.25) is 0 Å². The Kier molecular flexibility index (Phi) is 4.09. The summed E-state index contributed by atoms with van der Waals surface area (Å²) in [4.78, 5) is 10.5. The highest BCUT2D eigenvalue weighted by molar-refractivity contribution is 6.00. The average molecular weight is 312 g/mol. The lowest BCUT2D eigenvalue weighted by molar-refractivity contribution is -0.137. The lowest BCUT2D eigenvalue weighted by atomic mass is 10.0. The number of nitrogen functional groups attached to an aromatic ring is 1. The highest BCUT2D eigenvalue weighted by Crippen LogP contribution is 2.35. The van der Waals surface area contributed by atoms with Crippen molar-refractivity contribution < 1.29 is 14.6 Å². The van der Waals surface area contributed by atoms with Crippen molar-refractivity contribution in [2.75, 3.05) is 12.3 Å². The van der Waals surface area contributed by atoms with E-state index in [-0.39, 0.29) is 6.42 Å². The van der Waals surface area contributed by atoms with Crippen LogP contribution in [0.3, 0.4) is 0 Å². The second kappa shape index (κ2) is 6.35. The van der Waals surface area contributed by atoms with Crippen LogP contribution in [0, 0.1) is 0 Å². The van der Waals surface area contributed by atoms with Gasteiger partial charge in [0.1, 0.15) is 17.3 Å². The lowest BCUT2D eigenvalue weighted by Crippen LogP contribution is -2.02. The molecule has 0 spiro atoms. The molecule has 0 aliphatic rings. The van der Waals surface area contributed by atoms with Gasteiger partial charge in [0, 0.05) is 17.4 Å². The fourth-order valence-corrected chi connectivity index (χ4v) is 2.44. The summed E-state index contributed by atoms with van der Waals surface area (Å²) < 4.78 is 5.73. The summed E-state index contributed by atoms with van der Waals surface area (Å²) >= 11 is 0. The third-order valence-electron chi connectivity index (χ3n) is 3.51. The van der Waals surface area contributed by atoms with E-state index in [0.717, 1.165) is 16.3 Å². The molecule has 3 rings (SSSR count). The van der Waals surface area contributed by atoms with Gasteiger partial charge in [-0.1, -0.05) is 29.5 Å². The lowest BCUT2D eigenvalue weighted by Gasteiger charge is -2.11. The van der Waals surface area contributed by atoms with E-state index in [1.165, 1.54) is 0 Å². The largest absolute Gasteiger partial charge is 0.493 e. The van der Waals surface area contributed by atoms with Crippen molar-refractivity contribution in [3.05, 3.63) is 36.4 Å². The van der Waals surface area contributed by atoms with E-state index in [0.29, 0.717) is 30.3 Å². The van der Waals surface area contributed by atoms with Crippen LogP contribution in [0.1, 0.15) is 12.8 Å². The summed E-state index contributed by atoms with van der Waals surface area (Å²) in [6.45, 7) is 0.349. The van der Waals surface area contributed by atoms with E-state index >= 15 is 0 Å². The second-order valence-electron chi connectivity index (χ2n) is 5.08. The SMILES string of the molecule is Nc1[nH]nnc1-c1ccc(OCCCC(=O)O)c2ccccc12. The number of aromatic nitrogens is 3. The van der Waals surface area contributed by atoms with Gasteiger partial charge in [-0.15, -0.1) is 5.10 Å². The first-order chi connectivity index (χ1) is 11.2. The number of carbonyl (C=O) groups is 1. The van der Waals surface area contributed by atoms with Crippen LogP contribution in [0.4, 0.5) is 5.82 Å². The standard InChI is InChI=1S/C16H16N4O3/c17-16-15(18-20-19-16)12-7-8-13(23-9-3-6-14(21)22)11-5-2-1-4-10(11)12/h1-2,4-5,7-8H,3,6,9H2,(H,21,22)(H3,17,18,19,20). The summed E-state index contributed by atoms with van der Waals surface area (Å²) in [5, 5.41) is 20.9. The van der Waals surface area contributed by atoms with E-state index in [1.807, 2.05) is 36.4 Å². The quantitative estimate of drug-likeness (QED) is 0.602. The van der Waals surface area contributed by atoms with Crippen LogP contribution in [0.15, 0.2) is 36.4 Å². The van der Waals surface area contributed by atoms with Crippen LogP contribution in [0.2, 0.25) is 0 Å². The number of ether oxygens (including phenoxy) is 1. The van der Waals surface area contributed by atoms with Gasteiger partial charge in [0.25, 0.3) is 0 Å². The van der Waals surface area contributed by atoms with E-state index < -0.39 is 5.97 Å². The van der Waals surface area contributed by atoms with Crippen LogP contribution >= 0.6 is 0 Å². The molecule has 0 aliphatic heterocycles. The molecule has 3 aromatic rings. The fraction of sp³-hybridized carbons (Fsp3) is 0.188. The number of carboxylic acid groups (broad SMARTS) is 1. The Morgan fingerprint density at radius 1 is 1.22 bits per heavy atom. The first-order valence-corrected chi connectivity index (χ1v) is 7.20. The first kappa shape index (κ1) is 14.8. The first-order valence-electron chi connectivity index (χ1n) is 7.20. The second-order valence-corrected chi connectivity index (χ2v) is 5.08. The summed E-state index contributed by atoms with van der Waals surface area (Å²) in [7, 11) is 0. The molecule has 1 aromatic heterocycles. The molecule has 118 valence electrons. The zero-order valence-electron chi connectivity index (χ0n) is 12.3. The van der Waals surface area contributed by atoms with Crippen molar-refractivity contribution in [1.82, 2.24) is 15.4 Å². The predicted octanol–water partition coefficient (Wildman–Crippen LogP) is 2.45. The summed E-state index contributed by atoms with van der Waals surface area (Å²) in [5.74, 6) is 0.289. The number of hydrogen-bond acceptors (Lipinski definition) is 5. The van der Waals surface area contributed by atoms with Crippen molar-refractivity contribution in [2.45, 2.75) is 12.8 Å². The molecule has 0 fully saturated rings. The minimum atomic E-state index is -0.824. The Labute approximate surface area is 132 Å². The molecule has 1 heterocycles. The summed E-state index contributed by atoms with van der Waals surface area (Å²) in [6, 6.07) is 11.5. The Hall–Kier alpha value is -3.09. The number of carboxylic acids is 1. The zero-order chi connectivity index (χ0) is 16.2. The maximum atomic E-state index is 10.5. The minimum Gasteiger partial charge on any atom is -0.493 e. The fourth-order valence-electron chi connectivity index (χ4n) is 2.44. The molecule has 7 nitrogen and oxygen atoms in total. The maximum Gasteiger partial charge on any atom is 0.303 e. The van der Waals surface area contributed by atoms with Crippen molar-refractivity contribution in [3.8, 4) is 17.0 Å². The molecule has 0 radical (unpaired) electrons. The average Bonchev–Trinajstić information content (AvgIpc) is 2.97. The van der Waals surface area contributed by atoms with Gasteiger partial charge in [-0.3, -0.25) is 4.79 Å². The number of anilines is 1. The van der Waals surface area contributed by atoms with Crippen molar-refractivity contribution in [1.29, 1.82) is 0 Å². The highest BCUT2D eigenvalue weighted by Gasteiger charge is 2.13. The van der Waals surface area contributed by atoms with Gasteiger partial charge in [-0.25, -0.2) is 5.10 Å². The van der Waals surface area contributed by atoms with Gasteiger partial charge < -0.3 is 15.6 Å². The molecule has 0 amide bonds. The van der Waals surface area contributed by atoms with Crippen LogP contribution in [0.25, 0.3) is 22.0 Å². The van der Waals surface area contributed by atoms with Crippen molar-refractivity contribution >= 4 is 22.6 Å². The number of hydrogen-bond donors (Lipinski definition) is 3. The van der Waals surface area contributed by atoms with Gasteiger partial charge in [0.15, 0.2) is 0 Å². The molecule has 0 atom stereocenters. The van der Waals surface area contributed by atoms with Gasteiger partial charge in [0.05, 0.1) is 6.61 Å². The number of rotatable bonds is 6. The molecule has 4 N–H and O–H groups in total. The molecule has 0 aliphatic carbocycles. The monoisotopic (exact) mass is 312 g/mol. The number of nitrogens with zero attached hydrogens (tertiary/aromatic N) is 2. The van der Waals surface area contributed by atoms with Crippen LogP contribution in [-0.4, -0.2) is 33.1 Å². The maximum absolute atomic E-state index is 10.5. The third-order valence-corrected chi connectivity index (χ3v) is 3.51. The number of fused-ring (bicyclic) bond motifs is 1. The van der Waals surface area contributed by atoms with Crippen molar-refractivity contribution in [3.63, 3.8) is 0 Å². The number of aliphatic carboxylic acids is 1. The molecule has 0 bridgehead atoms. The highest BCUT2D eigenvalue weighted by atomic mass is 16.5. The third kappa shape index (κ3) is 3.08. The zero-order valence-corrected chi connectivity index (χ0v) is 12.3. The Morgan fingerprint density at radius 2 is 2.00 bits per heavy atom. The van der Waals surface area contributed by atoms with Crippen LogP contribution < -0.4 is 10.5 Å². The molecular formula is C16H16N4O3. The molecule has 0 saturated carbocycles. The van der Waals surface area contributed by atoms with E-state index in [1.54, 1.807) is 0 Å². The van der Waals surface area contributed by atoms with Gasteiger partial charge >= 0.3 is 5.97 Å². The smallest absolute Gasteiger partial charge is 0.303 e. The molecule has 7 heteroatoms. The number of aromatic amines is 1. The topological polar surface area (TPSA) is 114 Å². The van der Waals surface area contributed by atoms with Crippen LogP contribution in [-0.2, 0) is 4.79 Å². The van der Waals surface area contributed by atoms with Crippen LogP contribution in [0.5, 0.6) is 5.75 Å². The van der Waals surface area contributed by atoms with Gasteiger partial charge in [-0.05, 0) is 23.9 Å². The molecule has 0 saturated heterocycles. The molecular weight excluding hydrogens is 296 g/mol. The van der Waals surface area contributed by atoms with E-state index in [4.69, 9.17) is 15.6 Å². The number of nitrogens with one attached hydrogen (secondary N) is 1. The van der Waals surface area contributed by atoms with Gasteiger partial charge in [-0.2, -0.15) is 0 Å².